The highest BCUT2D eigenvalue weighted by Gasteiger charge is 2.19. The van der Waals surface area contributed by atoms with Crippen LogP contribution in [0.15, 0.2) is 42.5 Å². The van der Waals surface area contributed by atoms with Gasteiger partial charge in [-0.1, -0.05) is 44.2 Å². The Balaban J connectivity index is 2.03. The molecule has 0 saturated carbocycles. The van der Waals surface area contributed by atoms with Crippen molar-refractivity contribution >= 4 is 17.5 Å². The predicted octanol–water partition coefficient (Wildman–Crippen LogP) is 4.01. The Morgan fingerprint density at radius 1 is 1.00 bits per heavy atom. The molecule has 0 unspecified atom stereocenters. The van der Waals surface area contributed by atoms with E-state index < -0.39 is 0 Å². The number of carbonyl (C=O) groups is 2. The van der Waals surface area contributed by atoms with Crippen molar-refractivity contribution in [1.29, 1.82) is 0 Å². The lowest BCUT2D eigenvalue weighted by molar-refractivity contribution is -0.121. The van der Waals surface area contributed by atoms with Crippen molar-refractivity contribution in [3.8, 4) is 0 Å². The van der Waals surface area contributed by atoms with Gasteiger partial charge in [-0.05, 0) is 41.7 Å². The molecule has 0 atom stereocenters. The lowest BCUT2D eigenvalue weighted by Crippen LogP contribution is -2.35. The highest BCUT2D eigenvalue weighted by atomic mass is 19.1. The van der Waals surface area contributed by atoms with Crippen molar-refractivity contribution in [2.24, 2.45) is 0 Å². The molecular formula is C22H27FN2O2. The Morgan fingerprint density at radius 2 is 1.59 bits per heavy atom. The van der Waals surface area contributed by atoms with E-state index in [0.717, 1.165) is 35.2 Å². The van der Waals surface area contributed by atoms with Gasteiger partial charge in [-0.25, -0.2) is 4.39 Å². The molecule has 2 rings (SSSR count). The molecule has 27 heavy (non-hydrogen) atoms. The SMILES string of the molecule is CCc1cccc(CC)c1N(CCC(=O)NCc1ccc(F)cc1)C(C)=O. The van der Waals surface area contributed by atoms with Crippen LogP contribution in [0.2, 0.25) is 0 Å². The van der Waals surface area contributed by atoms with E-state index in [-0.39, 0.29) is 24.1 Å². The van der Waals surface area contributed by atoms with Gasteiger partial charge < -0.3 is 10.2 Å². The number of amides is 2. The van der Waals surface area contributed by atoms with Crippen molar-refractivity contribution in [2.45, 2.75) is 46.6 Å². The van der Waals surface area contributed by atoms with E-state index in [1.54, 1.807) is 17.0 Å². The van der Waals surface area contributed by atoms with E-state index in [0.29, 0.717) is 13.1 Å². The van der Waals surface area contributed by atoms with Gasteiger partial charge in [-0.2, -0.15) is 0 Å². The predicted molar refractivity (Wildman–Crippen MR) is 106 cm³/mol. The van der Waals surface area contributed by atoms with E-state index in [2.05, 4.69) is 19.2 Å². The minimum Gasteiger partial charge on any atom is -0.352 e. The first-order chi connectivity index (χ1) is 13.0. The summed E-state index contributed by atoms with van der Waals surface area (Å²) in [5, 5.41) is 2.82. The van der Waals surface area contributed by atoms with Crippen molar-refractivity contribution in [1.82, 2.24) is 5.32 Å². The van der Waals surface area contributed by atoms with Crippen molar-refractivity contribution < 1.29 is 14.0 Å². The Morgan fingerprint density at radius 3 is 2.11 bits per heavy atom. The van der Waals surface area contributed by atoms with Crippen LogP contribution in [0.5, 0.6) is 0 Å². The van der Waals surface area contributed by atoms with Gasteiger partial charge in [0.25, 0.3) is 0 Å². The van der Waals surface area contributed by atoms with E-state index in [4.69, 9.17) is 0 Å². The monoisotopic (exact) mass is 370 g/mol. The second-order valence-electron chi connectivity index (χ2n) is 6.46. The number of halogens is 1. The first-order valence-electron chi connectivity index (χ1n) is 9.36. The number of para-hydroxylation sites is 1. The molecule has 0 radical (unpaired) electrons. The number of rotatable bonds is 8. The average Bonchev–Trinajstić information content (AvgIpc) is 2.67. The summed E-state index contributed by atoms with van der Waals surface area (Å²) in [6, 6.07) is 12.1. The molecule has 2 amide bonds. The van der Waals surface area contributed by atoms with Gasteiger partial charge in [-0.3, -0.25) is 9.59 Å². The van der Waals surface area contributed by atoms with Crippen LogP contribution in [0.1, 0.15) is 43.9 Å². The van der Waals surface area contributed by atoms with Gasteiger partial charge in [0, 0.05) is 32.1 Å². The minimum atomic E-state index is -0.302. The van der Waals surface area contributed by atoms with E-state index in [9.17, 15) is 14.0 Å². The zero-order valence-electron chi connectivity index (χ0n) is 16.2. The Bertz CT molecular complexity index is 765. The highest BCUT2D eigenvalue weighted by Crippen LogP contribution is 2.27. The summed E-state index contributed by atoms with van der Waals surface area (Å²) in [5.74, 6) is -0.516. The van der Waals surface area contributed by atoms with E-state index in [1.807, 2.05) is 18.2 Å². The smallest absolute Gasteiger partial charge is 0.223 e. The number of anilines is 1. The fourth-order valence-corrected chi connectivity index (χ4v) is 3.09. The van der Waals surface area contributed by atoms with Gasteiger partial charge in [0.05, 0.1) is 0 Å². The minimum absolute atomic E-state index is 0.0723. The molecule has 0 aromatic heterocycles. The maximum atomic E-state index is 12.9. The molecule has 1 N–H and O–H groups in total. The molecule has 0 saturated heterocycles. The number of hydrogen-bond acceptors (Lipinski definition) is 2. The second-order valence-corrected chi connectivity index (χ2v) is 6.46. The zero-order valence-corrected chi connectivity index (χ0v) is 16.2. The molecule has 144 valence electrons. The van der Waals surface area contributed by atoms with Crippen LogP contribution in [-0.4, -0.2) is 18.4 Å². The van der Waals surface area contributed by atoms with E-state index >= 15 is 0 Å². The van der Waals surface area contributed by atoms with Gasteiger partial charge in [0.15, 0.2) is 0 Å². The topological polar surface area (TPSA) is 49.4 Å². The summed E-state index contributed by atoms with van der Waals surface area (Å²) in [5.41, 5.74) is 3.98. The van der Waals surface area contributed by atoms with Crippen LogP contribution in [0.25, 0.3) is 0 Å². The maximum Gasteiger partial charge on any atom is 0.223 e. The molecule has 4 nitrogen and oxygen atoms in total. The molecule has 0 aliphatic carbocycles. The van der Waals surface area contributed by atoms with Crippen LogP contribution < -0.4 is 10.2 Å². The molecule has 2 aromatic rings. The second kappa shape index (κ2) is 9.86. The van der Waals surface area contributed by atoms with Crippen LogP contribution in [-0.2, 0) is 29.0 Å². The molecule has 2 aromatic carbocycles. The standard InChI is InChI=1S/C22H27FN2O2/c1-4-18-7-6-8-19(5-2)22(18)25(16(3)26)14-13-21(27)24-15-17-9-11-20(23)12-10-17/h6-12H,4-5,13-15H2,1-3H3,(H,24,27). The lowest BCUT2D eigenvalue weighted by atomic mass is 10.0. The fraction of sp³-hybridized carbons (Fsp3) is 0.364. The molecule has 0 fully saturated rings. The van der Waals surface area contributed by atoms with Gasteiger partial charge in [0.1, 0.15) is 5.82 Å². The summed E-state index contributed by atoms with van der Waals surface area (Å²) >= 11 is 0. The third-order valence-electron chi connectivity index (χ3n) is 4.58. The van der Waals surface area contributed by atoms with Crippen LogP contribution in [0.3, 0.4) is 0 Å². The molecular weight excluding hydrogens is 343 g/mol. The molecule has 0 spiro atoms. The van der Waals surface area contributed by atoms with Gasteiger partial charge in [-0.15, -0.1) is 0 Å². The maximum absolute atomic E-state index is 12.9. The first kappa shape index (κ1) is 20.6. The van der Waals surface area contributed by atoms with Crippen LogP contribution in [0, 0.1) is 5.82 Å². The molecule has 0 bridgehead atoms. The van der Waals surface area contributed by atoms with Crippen molar-refractivity contribution in [2.75, 3.05) is 11.4 Å². The van der Waals surface area contributed by atoms with Gasteiger partial charge in [0.2, 0.25) is 11.8 Å². The quantitative estimate of drug-likeness (QED) is 0.763. The van der Waals surface area contributed by atoms with Gasteiger partial charge >= 0.3 is 0 Å². The van der Waals surface area contributed by atoms with E-state index in [1.165, 1.54) is 19.1 Å². The molecule has 5 heteroatoms. The summed E-state index contributed by atoms with van der Waals surface area (Å²) in [6.07, 6.45) is 1.86. The number of hydrogen-bond donors (Lipinski definition) is 1. The highest BCUT2D eigenvalue weighted by molar-refractivity contribution is 5.94. The normalized spacial score (nSPS) is 10.5. The first-order valence-corrected chi connectivity index (χ1v) is 9.36. The lowest BCUT2D eigenvalue weighted by Gasteiger charge is -2.26. The molecule has 0 aliphatic rings. The summed E-state index contributed by atoms with van der Waals surface area (Å²) in [7, 11) is 0. The Hall–Kier alpha value is -2.69. The molecule has 0 heterocycles. The number of carbonyl (C=O) groups excluding carboxylic acids is 2. The third kappa shape index (κ3) is 5.64. The Labute approximate surface area is 160 Å². The largest absolute Gasteiger partial charge is 0.352 e. The number of aryl methyl sites for hydroxylation is 2. The van der Waals surface area contributed by atoms with Crippen LogP contribution in [0.4, 0.5) is 10.1 Å². The average molecular weight is 370 g/mol. The number of benzene rings is 2. The van der Waals surface area contributed by atoms with Crippen molar-refractivity contribution in [3.05, 3.63) is 65.0 Å². The summed E-state index contributed by atoms with van der Waals surface area (Å²) in [4.78, 5) is 26.2. The third-order valence-corrected chi connectivity index (χ3v) is 4.58. The summed E-state index contributed by atoms with van der Waals surface area (Å²) in [6.45, 7) is 6.32. The fourth-order valence-electron chi connectivity index (χ4n) is 3.09. The number of nitrogens with one attached hydrogen (secondary N) is 1. The van der Waals surface area contributed by atoms with Crippen molar-refractivity contribution in [3.63, 3.8) is 0 Å². The summed E-state index contributed by atoms with van der Waals surface area (Å²) < 4.78 is 12.9. The number of nitrogens with zero attached hydrogens (tertiary/aromatic N) is 1. The molecule has 0 aliphatic heterocycles. The zero-order chi connectivity index (χ0) is 19.8. The van der Waals surface area contributed by atoms with Crippen LogP contribution >= 0.6 is 0 Å². The Kier molecular flexibility index (Phi) is 7.53.